The van der Waals surface area contributed by atoms with Crippen LogP contribution in [0.4, 0.5) is 4.79 Å². The number of ether oxygens (including phenoxy) is 1. The quantitative estimate of drug-likeness (QED) is 0.620. The van der Waals surface area contributed by atoms with Gasteiger partial charge >= 0.3 is 14.1 Å². The van der Waals surface area contributed by atoms with Crippen LogP contribution >= 0.6 is 8.03 Å². The minimum absolute atomic E-state index is 0.00252. The second-order valence-corrected chi connectivity index (χ2v) is 6.89. The molecule has 2 unspecified atom stereocenters. The third kappa shape index (κ3) is 7.53. The number of hydrogen-bond acceptors (Lipinski definition) is 4. The van der Waals surface area contributed by atoms with Crippen molar-refractivity contribution in [3.8, 4) is 0 Å². The molecule has 1 aromatic rings. The molecule has 1 rings (SSSR count). The lowest BCUT2D eigenvalue weighted by molar-refractivity contribution is -0.123. The minimum Gasteiger partial charge on any atom is -0.445 e. The van der Waals surface area contributed by atoms with E-state index in [9.17, 15) is 14.2 Å². The van der Waals surface area contributed by atoms with E-state index in [4.69, 9.17) is 9.63 Å². The lowest BCUT2D eigenvalue weighted by Crippen LogP contribution is -2.50. The van der Waals surface area contributed by atoms with E-state index in [2.05, 4.69) is 10.6 Å². The summed E-state index contributed by atoms with van der Waals surface area (Å²) in [7, 11) is -2.35. The van der Waals surface area contributed by atoms with Crippen LogP contribution in [-0.4, -0.2) is 35.1 Å². The van der Waals surface area contributed by atoms with E-state index in [1.807, 2.05) is 44.2 Å². The zero-order valence-electron chi connectivity index (χ0n) is 14.1. The van der Waals surface area contributed by atoms with Gasteiger partial charge < -0.3 is 15.4 Å². The Hall–Kier alpha value is -1.98. The Labute approximate surface area is 142 Å². The standard InChI is InChI=1S/C16H23N2O5P/c1-11(2)14(10-24(21)22)18-15(19)12(3)17-16(20)23-9-13-7-5-4-6-8-13/h4-8,11-12,14H,9-10H2,1-3H3,(H2-,17,18,19,20,21,22)/p+1/t12-,14?/m0/s1. The van der Waals surface area contributed by atoms with E-state index >= 15 is 0 Å². The normalized spacial score (nSPS) is 13.8. The molecule has 3 atom stereocenters. The molecule has 3 N–H and O–H groups in total. The van der Waals surface area contributed by atoms with E-state index in [0.717, 1.165) is 5.56 Å². The molecular formula is C16H24N2O5P+. The first-order valence-electron chi connectivity index (χ1n) is 7.70. The third-order valence-electron chi connectivity index (χ3n) is 3.43. The average Bonchev–Trinajstić information content (AvgIpc) is 2.52. The third-order valence-corrected chi connectivity index (χ3v) is 4.13. The van der Waals surface area contributed by atoms with Crippen LogP contribution in [0, 0.1) is 5.92 Å². The van der Waals surface area contributed by atoms with Gasteiger partial charge in [-0.15, -0.1) is 0 Å². The van der Waals surface area contributed by atoms with Crippen LogP contribution in [0.2, 0.25) is 0 Å². The highest BCUT2D eigenvalue weighted by molar-refractivity contribution is 7.38. The average molecular weight is 355 g/mol. The Bertz CT molecular complexity index is 565. The topological polar surface area (TPSA) is 105 Å². The van der Waals surface area contributed by atoms with E-state index in [1.165, 1.54) is 6.92 Å². The maximum Gasteiger partial charge on any atom is 0.507 e. The van der Waals surface area contributed by atoms with Gasteiger partial charge in [0.25, 0.3) is 0 Å². The van der Waals surface area contributed by atoms with Gasteiger partial charge in [-0.3, -0.25) is 4.79 Å². The fraction of sp³-hybridized carbons (Fsp3) is 0.500. The molecule has 0 fully saturated rings. The van der Waals surface area contributed by atoms with Crippen molar-refractivity contribution in [2.75, 3.05) is 6.16 Å². The molecule has 0 saturated carbocycles. The number of carbonyl (C=O) groups is 2. The first-order valence-corrected chi connectivity index (χ1v) is 9.10. The summed E-state index contributed by atoms with van der Waals surface area (Å²) in [4.78, 5) is 32.8. The van der Waals surface area contributed by atoms with Crippen molar-refractivity contribution in [3.05, 3.63) is 35.9 Å². The second-order valence-electron chi connectivity index (χ2n) is 5.82. The number of hydrogen-bond donors (Lipinski definition) is 3. The number of amides is 2. The SMILES string of the molecule is CC(C)C(C[P+](=O)O)NC(=O)[C@H](C)NC(=O)OCc1ccccc1. The fourth-order valence-corrected chi connectivity index (χ4v) is 2.76. The summed E-state index contributed by atoms with van der Waals surface area (Å²) >= 11 is 0. The van der Waals surface area contributed by atoms with E-state index in [-0.39, 0.29) is 18.7 Å². The lowest BCUT2D eigenvalue weighted by atomic mass is 10.1. The van der Waals surface area contributed by atoms with Gasteiger partial charge in [0.05, 0.1) is 6.04 Å². The molecule has 0 aromatic heterocycles. The Morgan fingerprint density at radius 3 is 2.33 bits per heavy atom. The smallest absolute Gasteiger partial charge is 0.445 e. The Balaban J connectivity index is 2.44. The summed E-state index contributed by atoms with van der Waals surface area (Å²) in [6, 6.07) is 7.94. The summed E-state index contributed by atoms with van der Waals surface area (Å²) in [5.41, 5.74) is 0.844. The second kappa shape index (κ2) is 10.0. The van der Waals surface area contributed by atoms with Gasteiger partial charge in [0.1, 0.15) is 12.6 Å². The maximum atomic E-state index is 12.1. The first kappa shape index (κ1) is 20.1. The Kier molecular flexibility index (Phi) is 8.36. The van der Waals surface area contributed by atoms with Gasteiger partial charge in [0.15, 0.2) is 6.16 Å². The van der Waals surface area contributed by atoms with E-state index < -0.39 is 32.1 Å². The Morgan fingerprint density at radius 2 is 1.79 bits per heavy atom. The van der Waals surface area contributed by atoms with Crippen molar-refractivity contribution in [1.29, 1.82) is 0 Å². The summed E-state index contributed by atoms with van der Waals surface area (Å²) in [6.45, 7) is 5.32. The minimum atomic E-state index is -2.35. The highest BCUT2D eigenvalue weighted by atomic mass is 31.1. The van der Waals surface area contributed by atoms with Crippen molar-refractivity contribution in [1.82, 2.24) is 10.6 Å². The molecule has 7 nitrogen and oxygen atoms in total. The van der Waals surface area contributed by atoms with E-state index in [1.54, 1.807) is 0 Å². The highest BCUT2D eigenvalue weighted by Gasteiger charge is 2.28. The Morgan fingerprint density at radius 1 is 1.17 bits per heavy atom. The monoisotopic (exact) mass is 355 g/mol. The molecule has 132 valence electrons. The largest absolute Gasteiger partial charge is 0.507 e. The molecule has 0 saturated heterocycles. The molecule has 0 heterocycles. The van der Waals surface area contributed by atoms with E-state index in [0.29, 0.717) is 0 Å². The predicted octanol–water partition coefficient (Wildman–Crippen LogP) is 2.18. The lowest BCUT2D eigenvalue weighted by Gasteiger charge is -2.20. The zero-order valence-corrected chi connectivity index (χ0v) is 15.0. The number of alkyl carbamates (subject to hydrolysis) is 1. The van der Waals surface area contributed by atoms with Crippen molar-refractivity contribution in [3.63, 3.8) is 0 Å². The van der Waals surface area contributed by atoms with Crippen LogP contribution in [0.3, 0.4) is 0 Å². The zero-order chi connectivity index (χ0) is 18.1. The summed E-state index contributed by atoms with van der Waals surface area (Å²) in [6.07, 6.45) is -0.722. The number of nitrogens with one attached hydrogen (secondary N) is 2. The van der Waals surface area contributed by atoms with Gasteiger partial charge in [-0.1, -0.05) is 44.2 Å². The van der Waals surface area contributed by atoms with Gasteiger partial charge in [-0.2, -0.15) is 4.89 Å². The van der Waals surface area contributed by atoms with Crippen LogP contribution in [0.25, 0.3) is 0 Å². The molecule has 2 amide bonds. The van der Waals surface area contributed by atoms with Gasteiger partial charge in [-0.05, 0) is 23.0 Å². The highest BCUT2D eigenvalue weighted by Crippen LogP contribution is 2.18. The molecule has 0 spiro atoms. The van der Waals surface area contributed by atoms with Crippen LogP contribution in [0.15, 0.2) is 30.3 Å². The molecule has 8 heteroatoms. The maximum absolute atomic E-state index is 12.1. The van der Waals surface area contributed by atoms with Crippen molar-refractivity contribution in [2.45, 2.75) is 39.5 Å². The summed E-state index contributed by atoms with van der Waals surface area (Å²) in [5.74, 6) is -0.431. The van der Waals surface area contributed by atoms with Crippen molar-refractivity contribution in [2.24, 2.45) is 5.92 Å². The molecule has 0 aliphatic heterocycles. The van der Waals surface area contributed by atoms with Gasteiger partial charge in [0, 0.05) is 0 Å². The van der Waals surface area contributed by atoms with Gasteiger partial charge in [0.2, 0.25) is 5.91 Å². The van der Waals surface area contributed by atoms with Crippen LogP contribution in [0.1, 0.15) is 26.3 Å². The van der Waals surface area contributed by atoms with Crippen LogP contribution < -0.4 is 10.6 Å². The molecule has 0 bridgehead atoms. The molecule has 0 radical (unpaired) electrons. The predicted molar refractivity (Wildman–Crippen MR) is 90.7 cm³/mol. The molecule has 0 aliphatic rings. The fourth-order valence-electron chi connectivity index (χ4n) is 1.91. The summed E-state index contributed by atoms with van der Waals surface area (Å²) in [5, 5.41) is 5.11. The molecule has 1 aromatic carbocycles. The summed E-state index contributed by atoms with van der Waals surface area (Å²) < 4.78 is 16.0. The first-order chi connectivity index (χ1) is 11.3. The number of carbonyl (C=O) groups excluding carboxylic acids is 2. The molecule has 24 heavy (non-hydrogen) atoms. The van der Waals surface area contributed by atoms with Crippen LogP contribution in [0.5, 0.6) is 0 Å². The number of benzene rings is 1. The van der Waals surface area contributed by atoms with Crippen LogP contribution in [-0.2, 0) is 20.7 Å². The van der Waals surface area contributed by atoms with Crippen molar-refractivity contribution >= 4 is 20.0 Å². The molecule has 0 aliphatic carbocycles. The molecular weight excluding hydrogens is 331 g/mol. The number of rotatable bonds is 8. The van der Waals surface area contributed by atoms with Crippen molar-refractivity contribution < 1.29 is 23.8 Å². The van der Waals surface area contributed by atoms with Gasteiger partial charge in [-0.25, -0.2) is 4.79 Å².